The van der Waals surface area contributed by atoms with E-state index >= 15 is 0 Å². The lowest BCUT2D eigenvalue weighted by Gasteiger charge is -2.28. The highest BCUT2D eigenvalue weighted by atomic mass is 35.5. The minimum absolute atomic E-state index is 0.0264. The average molecular weight is 340 g/mol. The number of alkyl halides is 1. The van der Waals surface area contributed by atoms with Gasteiger partial charge < -0.3 is 4.90 Å². The average Bonchev–Trinajstić information content (AvgIpc) is 2.74. The van der Waals surface area contributed by atoms with Crippen LogP contribution in [0.5, 0.6) is 0 Å². The van der Waals surface area contributed by atoms with Crippen LogP contribution in [-0.2, 0) is 14.6 Å². The molecule has 1 atom stereocenters. The van der Waals surface area contributed by atoms with E-state index in [2.05, 4.69) is 0 Å². The summed E-state index contributed by atoms with van der Waals surface area (Å²) in [4.78, 5) is 13.3. The SMILES string of the molecule is O=C(CCl)N(c1ccc(F)c(Cl)c1)[C@H]1CCS(=O)(=O)C1. The first-order valence-corrected chi connectivity index (χ1v) is 8.61. The monoisotopic (exact) mass is 339 g/mol. The van der Waals surface area contributed by atoms with Gasteiger partial charge in [0.25, 0.3) is 0 Å². The molecule has 8 heteroatoms. The molecule has 0 unspecified atom stereocenters. The maximum atomic E-state index is 13.2. The largest absolute Gasteiger partial charge is 0.307 e. The summed E-state index contributed by atoms with van der Waals surface area (Å²) in [5.41, 5.74) is 0.351. The first-order chi connectivity index (χ1) is 9.34. The molecule has 0 N–H and O–H groups in total. The quantitative estimate of drug-likeness (QED) is 0.793. The number of benzene rings is 1. The second-order valence-electron chi connectivity index (χ2n) is 4.55. The van der Waals surface area contributed by atoms with Crippen molar-refractivity contribution in [3.8, 4) is 0 Å². The Morgan fingerprint density at radius 3 is 2.65 bits per heavy atom. The van der Waals surface area contributed by atoms with E-state index in [0.717, 1.165) is 6.07 Å². The highest BCUT2D eigenvalue weighted by Gasteiger charge is 2.35. The van der Waals surface area contributed by atoms with Crippen molar-refractivity contribution >= 4 is 44.6 Å². The first-order valence-electron chi connectivity index (χ1n) is 5.87. The Morgan fingerprint density at radius 2 is 2.15 bits per heavy atom. The zero-order chi connectivity index (χ0) is 14.9. The number of hydrogen-bond donors (Lipinski definition) is 0. The number of amides is 1. The van der Waals surface area contributed by atoms with Gasteiger partial charge in [-0.3, -0.25) is 4.79 Å². The van der Waals surface area contributed by atoms with Gasteiger partial charge in [-0.2, -0.15) is 0 Å². The van der Waals surface area contributed by atoms with Gasteiger partial charge in [0, 0.05) is 5.69 Å². The van der Waals surface area contributed by atoms with Gasteiger partial charge in [-0.25, -0.2) is 12.8 Å². The van der Waals surface area contributed by atoms with Crippen LogP contribution in [0.2, 0.25) is 5.02 Å². The van der Waals surface area contributed by atoms with Gasteiger partial charge in [-0.1, -0.05) is 11.6 Å². The van der Waals surface area contributed by atoms with E-state index in [1.165, 1.54) is 17.0 Å². The number of sulfone groups is 1. The molecule has 1 aliphatic rings. The third-order valence-electron chi connectivity index (χ3n) is 3.14. The minimum atomic E-state index is -3.15. The molecular formula is C12H12Cl2FNO3S. The first kappa shape index (κ1) is 15.5. The fourth-order valence-electron chi connectivity index (χ4n) is 2.24. The van der Waals surface area contributed by atoms with Gasteiger partial charge >= 0.3 is 0 Å². The van der Waals surface area contributed by atoms with Gasteiger partial charge in [0.05, 0.1) is 22.6 Å². The lowest BCUT2D eigenvalue weighted by atomic mass is 10.2. The van der Waals surface area contributed by atoms with Crippen LogP contribution in [-0.4, -0.2) is 37.8 Å². The summed E-state index contributed by atoms with van der Waals surface area (Å²) in [5, 5.41) is -0.129. The van der Waals surface area contributed by atoms with Crippen LogP contribution in [0, 0.1) is 5.82 Å². The van der Waals surface area contributed by atoms with E-state index in [1.54, 1.807) is 0 Å². The second kappa shape index (κ2) is 5.87. The maximum absolute atomic E-state index is 13.2. The molecule has 0 aliphatic carbocycles. The summed E-state index contributed by atoms with van der Waals surface area (Å²) in [6.07, 6.45) is 0.333. The molecule has 1 fully saturated rings. The molecule has 2 rings (SSSR count). The van der Waals surface area contributed by atoms with Gasteiger partial charge in [0.1, 0.15) is 11.7 Å². The van der Waals surface area contributed by atoms with E-state index in [0.29, 0.717) is 12.1 Å². The fourth-order valence-corrected chi connectivity index (χ4v) is 4.24. The molecule has 1 aliphatic heterocycles. The molecule has 1 aromatic carbocycles. The number of rotatable bonds is 3. The predicted octanol–water partition coefficient (Wildman–Crippen LogP) is 2.24. The molecule has 1 heterocycles. The van der Waals surface area contributed by atoms with Crippen LogP contribution in [0.25, 0.3) is 0 Å². The molecule has 110 valence electrons. The van der Waals surface area contributed by atoms with E-state index in [1.807, 2.05) is 0 Å². The highest BCUT2D eigenvalue weighted by molar-refractivity contribution is 7.91. The summed E-state index contributed by atoms with van der Waals surface area (Å²) < 4.78 is 36.3. The van der Waals surface area contributed by atoms with E-state index in [9.17, 15) is 17.6 Å². The van der Waals surface area contributed by atoms with Crippen molar-refractivity contribution in [3.63, 3.8) is 0 Å². The number of anilines is 1. The molecule has 0 aromatic heterocycles. The fraction of sp³-hybridized carbons (Fsp3) is 0.417. The van der Waals surface area contributed by atoms with E-state index in [4.69, 9.17) is 23.2 Å². The summed E-state index contributed by atoms with van der Waals surface area (Å²) in [5.74, 6) is -1.42. The number of carbonyl (C=O) groups is 1. The Balaban J connectivity index is 2.38. The number of halogens is 3. The summed E-state index contributed by atoms with van der Waals surface area (Å²) >= 11 is 11.3. The van der Waals surface area contributed by atoms with Crippen molar-refractivity contribution in [1.29, 1.82) is 0 Å². The lowest BCUT2D eigenvalue weighted by Crippen LogP contribution is -2.42. The molecule has 0 radical (unpaired) electrons. The smallest absolute Gasteiger partial charge is 0.242 e. The molecule has 0 saturated carbocycles. The second-order valence-corrected chi connectivity index (χ2v) is 7.46. The number of hydrogen-bond acceptors (Lipinski definition) is 3. The van der Waals surface area contributed by atoms with Gasteiger partial charge in [0.2, 0.25) is 5.91 Å². The normalized spacial score (nSPS) is 20.9. The van der Waals surface area contributed by atoms with Crippen LogP contribution in [0.1, 0.15) is 6.42 Å². The van der Waals surface area contributed by atoms with Crippen LogP contribution in [0.3, 0.4) is 0 Å². The lowest BCUT2D eigenvalue weighted by molar-refractivity contribution is -0.116. The Morgan fingerprint density at radius 1 is 1.45 bits per heavy atom. The number of carbonyl (C=O) groups excluding carboxylic acids is 1. The molecular weight excluding hydrogens is 328 g/mol. The Kier molecular flexibility index (Phi) is 4.56. The van der Waals surface area contributed by atoms with Crippen molar-refractivity contribution in [2.45, 2.75) is 12.5 Å². The van der Waals surface area contributed by atoms with E-state index in [-0.39, 0.29) is 22.4 Å². The van der Waals surface area contributed by atoms with Crippen molar-refractivity contribution in [2.75, 3.05) is 22.3 Å². The maximum Gasteiger partial charge on any atom is 0.242 e. The summed E-state index contributed by atoms with van der Waals surface area (Å²) in [7, 11) is -3.15. The molecule has 0 bridgehead atoms. The van der Waals surface area contributed by atoms with Crippen LogP contribution < -0.4 is 4.90 Å². The minimum Gasteiger partial charge on any atom is -0.307 e. The summed E-state index contributed by atoms with van der Waals surface area (Å²) in [6.45, 7) is 0. The third-order valence-corrected chi connectivity index (χ3v) is 5.41. The molecule has 20 heavy (non-hydrogen) atoms. The zero-order valence-electron chi connectivity index (χ0n) is 10.4. The van der Waals surface area contributed by atoms with Crippen LogP contribution in [0.4, 0.5) is 10.1 Å². The third kappa shape index (κ3) is 3.24. The van der Waals surface area contributed by atoms with Gasteiger partial charge in [-0.05, 0) is 24.6 Å². The van der Waals surface area contributed by atoms with E-state index < -0.39 is 27.6 Å². The predicted molar refractivity (Wildman–Crippen MR) is 76.7 cm³/mol. The zero-order valence-corrected chi connectivity index (χ0v) is 12.7. The Bertz CT molecular complexity index is 636. The topological polar surface area (TPSA) is 54.5 Å². The highest BCUT2D eigenvalue weighted by Crippen LogP contribution is 2.28. The van der Waals surface area contributed by atoms with Crippen molar-refractivity contribution in [3.05, 3.63) is 29.0 Å². The molecule has 1 saturated heterocycles. The standard InChI is InChI=1S/C12H12Cl2FNO3S/c13-6-12(17)16(9-3-4-20(18,19)7-9)8-1-2-11(15)10(14)5-8/h1-2,5,9H,3-4,6-7H2/t9-/m0/s1. The summed E-state index contributed by atoms with van der Waals surface area (Å²) in [6, 6.07) is 3.33. The van der Waals surface area contributed by atoms with Crippen LogP contribution >= 0.6 is 23.2 Å². The molecule has 0 spiro atoms. The van der Waals surface area contributed by atoms with Gasteiger partial charge in [-0.15, -0.1) is 11.6 Å². The molecule has 1 aromatic rings. The van der Waals surface area contributed by atoms with Crippen molar-refractivity contribution < 1.29 is 17.6 Å². The van der Waals surface area contributed by atoms with Gasteiger partial charge in [0.15, 0.2) is 9.84 Å². The molecule has 4 nitrogen and oxygen atoms in total. The van der Waals surface area contributed by atoms with Crippen molar-refractivity contribution in [2.24, 2.45) is 0 Å². The van der Waals surface area contributed by atoms with Crippen molar-refractivity contribution in [1.82, 2.24) is 0 Å². The Hall–Kier alpha value is -0.850. The van der Waals surface area contributed by atoms with Crippen LogP contribution in [0.15, 0.2) is 18.2 Å². The molecule has 1 amide bonds. The Labute approximate surface area is 126 Å². The number of nitrogens with zero attached hydrogens (tertiary/aromatic N) is 1.